The summed E-state index contributed by atoms with van der Waals surface area (Å²) in [6.07, 6.45) is 3.44. The molecule has 0 N–H and O–H groups in total. The summed E-state index contributed by atoms with van der Waals surface area (Å²) in [6, 6.07) is 15.9. The first kappa shape index (κ1) is 13.0. The van der Waals surface area contributed by atoms with Gasteiger partial charge in [-0.2, -0.15) is 0 Å². The van der Waals surface area contributed by atoms with Gasteiger partial charge in [0.2, 0.25) is 0 Å². The standard InChI is InChI=1S/C17H12BrNO/c18-14-6-7-17-15(9-14)16(11-20)13(10-19-17)8-12-4-2-1-3-5-12/h1-7,9-11H,8H2. The van der Waals surface area contributed by atoms with E-state index < -0.39 is 0 Å². The third-order valence-corrected chi connectivity index (χ3v) is 3.80. The number of carbonyl (C=O) groups excluding carboxylic acids is 1. The third-order valence-electron chi connectivity index (χ3n) is 3.31. The number of benzene rings is 2. The van der Waals surface area contributed by atoms with E-state index in [1.165, 1.54) is 5.56 Å². The molecule has 3 rings (SSSR count). The predicted octanol–water partition coefficient (Wildman–Crippen LogP) is 4.40. The molecule has 1 heterocycles. The number of hydrogen-bond acceptors (Lipinski definition) is 2. The van der Waals surface area contributed by atoms with Crippen molar-refractivity contribution in [1.82, 2.24) is 4.98 Å². The lowest BCUT2D eigenvalue weighted by molar-refractivity contribution is 0.112. The van der Waals surface area contributed by atoms with Crippen LogP contribution in [0, 0.1) is 0 Å². The molecule has 98 valence electrons. The van der Waals surface area contributed by atoms with Crippen molar-refractivity contribution in [3.8, 4) is 0 Å². The van der Waals surface area contributed by atoms with E-state index in [2.05, 4.69) is 33.0 Å². The van der Waals surface area contributed by atoms with Crippen molar-refractivity contribution in [1.29, 1.82) is 0 Å². The van der Waals surface area contributed by atoms with Crippen LogP contribution in [0.5, 0.6) is 0 Å². The molecule has 3 heteroatoms. The highest BCUT2D eigenvalue weighted by molar-refractivity contribution is 9.10. The van der Waals surface area contributed by atoms with Gasteiger partial charge in [0.25, 0.3) is 0 Å². The average molecular weight is 326 g/mol. The summed E-state index contributed by atoms with van der Waals surface area (Å²) in [5, 5.41) is 0.891. The maximum Gasteiger partial charge on any atom is 0.151 e. The largest absolute Gasteiger partial charge is 0.298 e. The lowest BCUT2D eigenvalue weighted by Gasteiger charge is -2.08. The Labute approximate surface area is 125 Å². The van der Waals surface area contributed by atoms with Crippen LogP contribution in [0.3, 0.4) is 0 Å². The normalized spacial score (nSPS) is 10.7. The highest BCUT2D eigenvalue weighted by Crippen LogP contribution is 2.24. The topological polar surface area (TPSA) is 30.0 Å². The Morgan fingerprint density at radius 2 is 1.90 bits per heavy atom. The second kappa shape index (κ2) is 5.55. The van der Waals surface area contributed by atoms with Crippen LogP contribution >= 0.6 is 15.9 Å². The van der Waals surface area contributed by atoms with Crippen LogP contribution in [0.25, 0.3) is 10.9 Å². The van der Waals surface area contributed by atoms with Crippen LogP contribution in [0.1, 0.15) is 21.5 Å². The molecule has 0 unspecified atom stereocenters. The van der Waals surface area contributed by atoms with Crippen LogP contribution in [0.4, 0.5) is 0 Å². The average Bonchev–Trinajstić information content (AvgIpc) is 2.48. The molecule has 0 radical (unpaired) electrons. The maximum atomic E-state index is 11.5. The van der Waals surface area contributed by atoms with E-state index in [-0.39, 0.29) is 0 Å². The zero-order chi connectivity index (χ0) is 13.9. The zero-order valence-corrected chi connectivity index (χ0v) is 12.3. The van der Waals surface area contributed by atoms with Crippen LogP contribution in [-0.2, 0) is 6.42 Å². The van der Waals surface area contributed by atoms with Crippen molar-refractivity contribution in [3.63, 3.8) is 0 Å². The van der Waals surface area contributed by atoms with Crippen LogP contribution in [-0.4, -0.2) is 11.3 Å². The summed E-state index contributed by atoms with van der Waals surface area (Å²) in [5.41, 5.74) is 3.69. The fourth-order valence-electron chi connectivity index (χ4n) is 2.32. The molecule has 0 aliphatic heterocycles. The summed E-state index contributed by atoms with van der Waals surface area (Å²) in [6.45, 7) is 0. The van der Waals surface area contributed by atoms with E-state index in [1.807, 2.05) is 36.4 Å². The minimum Gasteiger partial charge on any atom is -0.298 e. The fraction of sp³-hybridized carbons (Fsp3) is 0.0588. The summed E-state index contributed by atoms with van der Waals surface area (Å²) < 4.78 is 0.951. The number of aldehydes is 1. The van der Waals surface area contributed by atoms with Crippen molar-refractivity contribution in [2.75, 3.05) is 0 Å². The third kappa shape index (κ3) is 2.49. The van der Waals surface area contributed by atoms with E-state index in [0.717, 1.165) is 32.8 Å². The van der Waals surface area contributed by atoms with Gasteiger partial charge in [-0.05, 0) is 35.7 Å². The van der Waals surface area contributed by atoms with Gasteiger partial charge in [-0.25, -0.2) is 0 Å². The molecule has 0 saturated heterocycles. The minimum atomic E-state index is 0.713. The summed E-state index contributed by atoms with van der Waals surface area (Å²) in [7, 11) is 0. The molecule has 2 aromatic carbocycles. The number of nitrogens with zero attached hydrogens (tertiary/aromatic N) is 1. The first-order valence-corrected chi connectivity index (χ1v) is 7.13. The van der Waals surface area contributed by atoms with Crippen molar-refractivity contribution in [3.05, 3.63) is 75.9 Å². The molecule has 0 saturated carbocycles. The van der Waals surface area contributed by atoms with Crippen LogP contribution in [0.15, 0.2) is 59.2 Å². The fourth-order valence-corrected chi connectivity index (χ4v) is 2.68. The lowest BCUT2D eigenvalue weighted by Crippen LogP contribution is -1.98. The maximum absolute atomic E-state index is 11.5. The molecule has 2 nitrogen and oxygen atoms in total. The number of pyridine rings is 1. The van der Waals surface area contributed by atoms with E-state index in [9.17, 15) is 4.79 Å². The number of halogens is 1. The molecule has 0 spiro atoms. The SMILES string of the molecule is O=Cc1c(Cc2ccccc2)cnc2ccc(Br)cc12. The Kier molecular flexibility index (Phi) is 3.61. The van der Waals surface area contributed by atoms with Gasteiger partial charge in [-0.1, -0.05) is 46.3 Å². The molecule has 20 heavy (non-hydrogen) atoms. The molecule has 1 aromatic heterocycles. The molecule has 0 aliphatic carbocycles. The van der Waals surface area contributed by atoms with E-state index in [1.54, 1.807) is 6.20 Å². The van der Waals surface area contributed by atoms with Crippen molar-refractivity contribution < 1.29 is 4.79 Å². The van der Waals surface area contributed by atoms with Gasteiger partial charge in [-0.15, -0.1) is 0 Å². The Hall–Kier alpha value is -2.00. The Morgan fingerprint density at radius 1 is 1.10 bits per heavy atom. The number of fused-ring (bicyclic) bond motifs is 1. The van der Waals surface area contributed by atoms with Gasteiger partial charge in [0.1, 0.15) is 0 Å². The van der Waals surface area contributed by atoms with Gasteiger partial charge in [0.15, 0.2) is 6.29 Å². The van der Waals surface area contributed by atoms with Gasteiger partial charge in [-0.3, -0.25) is 9.78 Å². The smallest absolute Gasteiger partial charge is 0.151 e. The van der Waals surface area contributed by atoms with E-state index >= 15 is 0 Å². The quantitative estimate of drug-likeness (QED) is 0.668. The number of aromatic nitrogens is 1. The van der Waals surface area contributed by atoms with E-state index in [4.69, 9.17) is 0 Å². The lowest BCUT2D eigenvalue weighted by atomic mass is 9.99. The van der Waals surface area contributed by atoms with Gasteiger partial charge < -0.3 is 0 Å². The molecule has 0 fully saturated rings. The molecular weight excluding hydrogens is 314 g/mol. The first-order valence-electron chi connectivity index (χ1n) is 6.34. The minimum absolute atomic E-state index is 0.713. The van der Waals surface area contributed by atoms with Crippen molar-refractivity contribution in [2.24, 2.45) is 0 Å². The van der Waals surface area contributed by atoms with E-state index in [0.29, 0.717) is 6.42 Å². The Balaban J connectivity index is 2.13. The van der Waals surface area contributed by atoms with Crippen LogP contribution < -0.4 is 0 Å². The monoisotopic (exact) mass is 325 g/mol. The number of carbonyl (C=O) groups is 1. The predicted molar refractivity (Wildman–Crippen MR) is 84.1 cm³/mol. The second-order valence-corrected chi connectivity index (χ2v) is 5.55. The summed E-state index contributed by atoms with van der Waals surface area (Å²) >= 11 is 3.44. The van der Waals surface area contributed by atoms with Gasteiger partial charge in [0.05, 0.1) is 5.52 Å². The molecule has 0 bridgehead atoms. The molecule has 3 aromatic rings. The molecule has 0 atom stereocenters. The molecule has 0 aliphatic rings. The Morgan fingerprint density at radius 3 is 2.65 bits per heavy atom. The van der Waals surface area contributed by atoms with Gasteiger partial charge >= 0.3 is 0 Å². The van der Waals surface area contributed by atoms with Crippen molar-refractivity contribution in [2.45, 2.75) is 6.42 Å². The number of rotatable bonds is 3. The first-order chi connectivity index (χ1) is 9.78. The van der Waals surface area contributed by atoms with Crippen LogP contribution in [0.2, 0.25) is 0 Å². The van der Waals surface area contributed by atoms with Gasteiger partial charge in [0, 0.05) is 21.6 Å². The molecule has 0 amide bonds. The summed E-state index contributed by atoms with van der Waals surface area (Å²) in [4.78, 5) is 15.9. The highest BCUT2D eigenvalue weighted by Gasteiger charge is 2.09. The number of hydrogen-bond donors (Lipinski definition) is 0. The second-order valence-electron chi connectivity index (χ2n) is 4.64. The Bertz CT molecular complexity index is 769. The molecular formula is C17H12BrNO. The zero-order valence-electron chi connectivity index (χ0n) is 10.7. The van der Waals surface area contributed by atoms with Crippen molar-refractivity contribution >= 4 is 33.1 Å². The summed E-state index contributed by atoms with van der Waals surface area (Å²) in [5.74, 6) is 0. The highest BCUT2D eigenvalue weighted by atomic mass is 79.9.